The smallest absolute Gasteiger partial charge is 0.315 e. The number of nitrogens with zero attached hydrogens (tertiary/aromatic N) is 2. The molecule has 0 aliphatic carbocycles. The monoisotopic (exact) mass is 534 g/mol. The first-order chi connectivity index (χ1) is 17.5. The van der Waals surface area contributed by atoms with Crippen LogP contribution in [-0.2, 0) is 26.0 Å². The minimum absolute atomic E-state index is 0.0231. The van der Waals surface area contributed by atoms with Crippen molar-refractivity contribution in [2.45, 2.75) is 44.0 Å². The van der Waals surface area contributed by atoms with Gasteiger partial charge in [0.1, 0.15) is 0 Å². The Morgan fingerprint density at radius 1 is 1.08 bits per heavy atom. The molecule has 0 fully saturated rings. The van der Waals surface area contributed by atoms with Crippen molar-refractivity contribution in [3.05, 3.63) is 70.3 Å². The number of carbonyl (C=O) groups excluding carboxylic acids is 2. The van der Waals surface area contributed by atoms with Crippen molar-refractivity contribution in [2.24, 2.45) is 5.92 Å². The Morgan fingerprint density at radius 3 is 2.30 bits per heavy atom. The highest BCUT2D eigenvalue weighted by atomic mass is 32.2. The number of nitro groups is 1. The van der Waals surface area contributed by atoms with Crippen molar-refractivity contribution in [3.63, 3.8) is 0 Å². The van der Waals surface area contributed by atoms with Crippen molar-refractivity contribution < 1.29 is 27.7 Å². The van der Waals surface area contributed by atoms with E-state index in [4.69, 9.17) is 0 Å². The number of sulfonamides is 1. The Bertz CT molecular complexity index is 1140. The highest BCUT2D eigenvalue weighted by Crippen LogP contribution is 2.21. The number of carbonyl (C=O) groups is 2. The molecule has 2 rings (SSSR count). The van der Waals surface area contributed by atoms with Gasteiger partial charge in [-0.3, -0.25) is 14.9 Å². The zero-order valence-corrected chi connectivity index (χ0v) is 22.1. The van der Waals surface area contributed by atoms with Gasteiger partial charge in [0.05, 0.1) is 23.3 Å². The van der Waals surface area contributed by atoms with Gasteiger partial charge in [-0.05, 0) is 36.5 Å². The van der Waals surface area contributed by atoms with Crippen molar-refractivity contribution in [1.82, 2.24) is 14.9 Å². The maximum Gasteiger partial charge on any atom is 0.315 e. The summed E-state index contributed by atoms with van der Waals surface area (Å²) in [4.78, 5) is 34.1. The molecule has 0 aromatic heterocycles. The van der Waals surface area contributed by atoms with E-state index in [2.05, 4.69) is 15.4 Å². The van der Waals surface area contributed by atoms with Crippen LogP contribution in [0.25, 0.3) is 0 Å². The Morgan fingerprint density at radius 2 is 1.73 bits per heavy atom. The van der Waals surface area contributed by atoms with Gasteiger partial charge >= 0.3 is 12.0 Å². The molecule has 0 aliphatic heterocycles. The molecular weight excluding hydrogens is 500 g/mol. The van der Waals surface area contributed by atoms with Crippen LogP contribution in [0.5, 0.6) is 0 Å². The molecular formula is C25H34N4O7S. The molecule has 0 radical (unpaired) electrons. The number of methoxy groups -OCH3 is 1. The first kappa shape index (κ1) is 29.7. The van der Waals surface area contributed by atoms with Crippen LogP contribution in [0.15, 0.2) is 59.5 Å². The number of hydrogen-bond donors (Lipinski definition) is 2. The zero-order valence-electron chi connectivity index (χ0n) is 21.3. The first-order valence-corrected chi connectivity index (χ1v) is 13.4. The van der Waals surface area contributed by atoms with Crippen LogP contribution >= 0.6 is 0 Å². The lowest BCUT2D eigenvalue weighted by Crippen LogP contribution is -2.46. The third-order valence-electron chi connectivity index (χ3n) is 5.48. The number of urea groups is 1. The maximum atomic E-state index is 13.4. The summed E-state index contributed by atoms with van der Waals surface area (Å²) in [5.41, 5.74) is 0.774. The summed E-state index contributed by atoms with van der Waals surface area (Å²) in [6, 6.07) is 13.4. The van der Waals surface area contributed by atoms with Gasteiger partial charge in [-0.1, -0.05) is 44.2 Å². The predicted molar refractivity (Wildman–Crippen MR) is 138 cm³/mol. The van der Waals surface area contributed by atoms with Crippen molar-refractivity contribution >= 4 is 27.7 Å². The van der Waals surface area contributed by atoms with Gasteiger partial charge in [0, 0.05) is 37.8 Å². The van der Waals surface area contributed by atoms with E-state index in [1.54, 1.807) is 0 Å². The van der Waals surface area contributed by atoms with Crippen LogP contribution in [-0.4, -0.2) is 62.4 Å². The van der Waals surface area contributed by atoms with Crippen LogP contribution < -0.4 is 10.6 Å². The van der Waals surface area contributed by atoms with E-state index < -0.39 is 33.0 Å². The SMILES string of the molecule is COC(=O)CCNC(=O)N[C@H](CCN(CC(C)C)S(=O)(=O)c1ccc([N+](=O)[O-])cc1)Cc1ccccc1. The molecule has 0 saturated heterocycles. The third-order valence-corrected chi connectivity index (χ3v) is 7.36. The first-order valence-electron chi connectivity index (χ1n) is 11.9. The van der Waals surface area contributed by atoms with Gasteiger partial charge in [0.15, 0.2) is 0 Å². The second-order valence-corrected chi connectivity index (χ2v) is 10.8. The summed E-state index contributed by atoms with van der Waals surface area (Å²) >= 11 is 0. The van der Waals surface area contributed by atoms with E-state index in [0.29, 0.717) is 12.8 Å². The van der Waals surface area contributed by atoms with E-state index in [0.717, 1.165) is 5.56 Å². The molecule has 0 aliphatic rings. The van der Waals surface area contributed by atoms with Gasteiger partial charge in [-0.2, -0.15) is 4.31 Å². The molecule has 37 heavy (non-hydrogen) atoms. The number of hydrogen-bond acceptors (Lipinski definition) is 7. The number of benzene rings is 2. The molecule has 12 heteroatoms. The fourth-order valence-electron chi connectivity index (χ4n) is 3.65. The van der Waals surface area contributed by atoms with Gasteiger partial charge in [-0.25, -0.2) is 13.2 Å². The summed E-state index contributed by atoms with van der Waals surface area (Å²) in [5, 5.41) is 16.4. The fourth-order valence-corrected chi connectivity index (χ4v) is 5.26. The summed E-state index contributed by atoms with van der Waals surface area (Å²) in [7, 11) is -2.66. The maximum absolute atomic E-state index is 13.4. The Balaban J connectivity index is 2.17. The quantitative estimate of drug-likeness (QED) is 0.215. The minimum atomic E-state index is -3.93. The topological polar surface area (TPSA) is 148 Å². The molecule has 2 N–H and O–H groups in total. The van der Waals surface area contributed by atoms with E-state index in [9.17, 15) is 28.1 Å². The number of esters is 1. The third kappa shape index (κ3) is 9.81. The number of nitro benzene ring substituents is 1. The number of nitrogens with one attached hydrogen (secondary N) is 2. The Hall–Kier alpha value is -3.51. The van der Waals surface area contributed by atoms with Crippen LogP contribution in [0, 0.1) is 16.0 Å². The molecule has 1 atom stereocenters. The molecule has 202 valence electrons. The predicted octanol–water partition coefficient (Wildman–Crippen LogP) is 3.11. The van der Waals surface area contributed by atoms with Crippen LogP contribution in [0.3, 0.4) is 0 Å². The zero-order chi connectivity index (χ0) is 27.4. The van der Waals surface area contributed by atoms with Crippen LogP contribution in [0.2, 0.25) is 0 Å². The molecule has 2 amide bonds. The van der Waals surface area contributed by atoms with Crippen molar-refractivity contribution in [1.29, 1.82) is 0 Å². The largest absolute Gasteiger partial charge is 0.469 e. The molecule has 0 bridgehead atoms. The highest BCUT2D eigenvalue weighted by Gasteiger charge is 2.27. The molecule has 0 heterocycles. The average Bonchev–Trinajstić information content (AvgIpc) is 2.86. The molecule has 2 aromatic carbocycles. The fraction of sp³-hybridized carbons (Fsp3) is 0.440. The van der Waals surface area contributed by atoms with Gasteiger partial charge in [0.25, 0.3) is 5.69 Å². The molecule has 0 spiro atoms. The second-order valence-electron chi connectivity index (χ2n) is 8.91. The normalized spacial score (nSPS) is 12.2. The van der Waals surface area contributed by atoms with Crippen LogP contribution in [0.4, 0.5) is 10.5 Å². The molecule has 2 aromatic rings. The summed E-state index contributed by atoms with van der Waals surface area (Å²) in [6.07, 6.45) is 0.819. The number of amides is 2. The van der Waals surface area contributed by atoms with E-state index in [1.165, 1.54) is 35.7 Å². The summed E-state index contributed by atoms with van der Waals surface area (Å²) < 4.78 is 32.7. The summed E-state index contributed by atoms with van der Waals surface area (Å²) in [6.45, 7) is 4.25. The van der Waals surface area contributed by atoms with Gasteiger partial charge in [-0.15, -0.1) is 0 Å². The van der Waals surface area contributed by atoms with Crippen molar-refractivity contribution in [2.75, 3.05) is 26.7 Å². The Kier molecular flexibility index (Phi) is 11.5. The lowest BCUT2D eigenvalue weighted by atomic mass is 10.0. The highest BCUT2D eigenvalue weighted by molar-refractivity contribution is 7.89. The van der Waals surface area contributed by atoms with Crippen molar-refractivity contribution in [3.8, 4) is 0 Å². The Labute approximate surface area is 217 Å². The summed E-state index contributed by atoms with van der Waals surface area (Å²) in [5.74, 6) is -0.420. The standard InChI is InChI=1S/C25H34N4O7S/c1-19(2)18-28(37(34,35)23-11-9-22(10-12-23)29(32)33)16-14-21(17-20-7-5-4-6-8-20)27-25(31)26-15-13-24(30)36-3/h4-12,19,21H,13-18H2,1-3H3,(H2,26,27,31)/t21-/m1/s1. The van der Waals surface area contributed by atoms with E-state index in [1.807, 2.05) is 44.2 Å². The number of rotatable bonds is 14. The molecule has 11 nitrogen and oxygen atoms in total. The number of ether oxygens (including phenoxy) is 1. The lowest BCUT2D eigenvalue weighted by Gasteiger charge is -2.27. The number of non-ortho nitro benzene ring substituents is 1. The average molecular weight is 535 g/mol. The van der Waals surface area contributed by atoms with E-state index >= 15 is 0 Å². The lowest BCUT2D eigenvalue weighted by molar-refractivity contribution is -0.384. The van der Waals surface area contributed by atoms with Gasteiger partial charge < -0.3 is 15.4 Å². The van der Waals surface area contributed by atoms with Crippen LogP contribution in [0.1, 0.15) is 32.3 Å². The molecule has 0 unspecified atom stereocenters. The minimum Gasteiger partial charge on any atom is -0.469 e. The van der Waals surface area contributed by atoms with Gasteiger partial charge in [0.2, 0.25) is 10.0 Å². The molecule has 0 saturated carbocycles. The van der Waals surface area contributed by atoms with E-state index in [-0.39, 0.29) is 42.6 Å². The second kappa shape index (κ2) is 14.3.